The quantitative estimate of drug-likeness (QED) is 0.213. The summed E-state index contributed by atoms with van der Waals surface area (Å²) in [5.74, 6) is -3.53. The van der Waals surface area contributed by atoms with Crippen LogP contribution in [0, 0.1) is 0 Å². The van der Waals surface area contributed by atoms with Gasteiger partial charge in [-0.1, -0.05) is 0 Å². The second-order valence-corrected chi connectivity index (χ2v) is 4.71. The van der Waals surface area contributed by atoms with Crippen molar-refractivity contribution in [3.63, 3.8) is 0 Å². The van der Waals surface area contributed by atoms with Crippen LogP contribution in [0.3, 0.4) is 0 Å². The van der Waals surface area contributed by atoms with Crippen molar-refractivity contribution >= 4 is 36.3 Å². The normalized spacial score (nSPS) is 14.4. The molecule has 3 amide bonds. The highest BCUT2D eigenvalue weighted by atomic mass is 32.1. The van der Waals surface area contributed by atoms with Crippen LogP contribution in [0.25, 0.3) is 0 Å². The molecule has 0 saturated heterocycles. The number of hydrogen-bond donors (Lipinski definition) is 7. The van der Waals surface area contributed by atoms with Crippen LogP contribution in [-0.2, 0) is 19.2 Å². The monoisotopic (exact) mass is 336 g/mol. The predicted molar refractivity (Wildman–Crippen MR) is 79.1 cm³/mol. The maximum atomic E-state index is 12.0. The minimum atomic E-state index is -1.37. The molecular formula is C11H20N4O6S. The van der Waals surface area contributed by atoms with Gasteiger partial charge in [-0.25, -0.2) is 0 Å². The molecule has 0 aromatic heterocycles. The number of aliphatic hydroxyl groups excluding tert-OH is 1. The molecule has 11 heteroatoms. The molecule has 126 valence electrons. The Bertz CT molecular complexity index is 431. The summed E-state index contributed by atoms with van der Waals surface area (Å²) >= 11 is 3.91. The topological polar surface area (TPSA) is 171 Å². The Hall–Kier alpha value is -1.85. The zero-order chi connectivity index (χ0) is 17.3. The van der Waals surface area contributed by atoms with E-state index >= 15 is 0 Å². The van der Waals surface area contributed by atoms with Gasteiger partial charge in [0.25, 0.3) is 0 Å². The first-order valence-electron chi connectivity index (χ1n) is 6.31. The van der Waals surface area contributed by atoms with Gasteiger partial charge >= 0.3 is 5.97 Å². The van der Waals surface area contributed by atoms with E-state index in [2.05, 4.69) is 23.3 Å². The number of carbonyl (C=O) groups excluding carboxylic acids is 3. The number of hydrogen-bond acceptors (Lipinski definition) is 7. The van der Waals surface area contributed by atoms with Crippen molar-refractivity contribution in [1.82, 2.24) is 16.0 Å². The van der Waals surface area contributed by atoms with Crippen LogP contribution in [0.4, 0.5) is 0 Å². The third kappa shape index (κ3) is 7.24. The van der Waals surface area contributed by atoms with E-state index in [-0.39, 0.29) is 12.3 Å². The van der Waals surface area contributed by atoms with Gasteiger partial charge in [-0.3, -0.25) is 19.2 Å². The first-order valence-corrected chi connectivity index (χ1v) is 6.94. The summed E-state index contributed by atoms with van der Waals surface area (Å²) < 4.78 is 0. The Morgan fingerprint density at radius 2 is 1.77 bits per heavy atom. The molecule has 0 aliphatic rings. The molecule has 0 fully saturated rings. The summed E-state index contributed by atoms with van der Waals surface area (Å²) in [5, 5.41) is 24.6. The van der Waals surface area contributed by atoms with Gasteiger partial charge in [0, 0.05) is 5.75 Å². The molecule has 3 atom stereocenters. The highest BCUT2D eigenvalue weighted by Crippen LogP contribution is 1.97. The lowest BCUT2D eigenvalue weighted by Crippen LogP contribution is -2.58. The minimum Gasteiger partial charge on any atom is -0.480 e. The number of rotatable bonds is 9. The molecule has 0 spiro atoms. The molecule has 0 aromatic carbocycles. The molecule has 0 heterocycles. The molecule has 3 unspecified atom stereocenters. The van der Waals surface area contributed by atoms with Crippen LogP contribution in [0.5, 0.6) is 0 Å². The van der Waals surface area contributed by atoms with Crippen LogP contribution >= 0.6 is 12.6 Å². The Morgan fingerprint density at radius 3 is 2.18 bits per heavy atom. The molecule has 7 N–H and O–H groups in total. The van der Waals surface area contributed by atoms with Crippen LogP contribution in [-0.4, -0.2) is 70.9 Å². The van der Waals surface area contributed by atoms with Gasteiger partial charge in [-0.15, -0.1) is 0 Å². The van der Waals surface area contributed by atoms with E-state index in [9.17, 15) is 24.3 Å². The second kappa shape index (κ2) is 9.97. The molecule has 0 aliphatic carbocycles. The summed E-state index contributed by atoms with van der Waals surface area (Å²) in [6.45, 7) is 0.272. The largest absolute Gasteiger partial charge is 0.480 e. The summed E-state index contributed by atoms with van der Waals surface area (Å²) in [4.78, 5) is 45.3. The minimum absolute atomic E-state index is 0.0547. The van der Waals surface area contributed by atoms with Gasteiger partial charge in [0.05, 0.1) is 12.6 Å². The van der Waals surface area contributed by atoms with E-state index in [0.29, 0.717) is 0 Å². The fourth-order valence-corrected chi connectivity index (χ4v) is 1.64. The maximum Gasteiger partial charge on any atom is 0.322 e. The number of amides is 3. The standard InChI is InChI=1S/C11H20N4O6S/c1-5(16)9(11(21)13-3-8(18)19)15-10(20)6(4-22)14-7(17)2-12/h5-6,9,16,22H,2-4,12H2,1H3,(H,13,21)(H,14,17)(H,15,20)(H,18,19). The lowest BCUT2D eigenvalue weighted by atomic mass is 10.1. The van der Waals surface area contributed by atoms with Crippen molar-refractivity contribution in [1.29, 1.82) is 0 Å². The third-order valence-corrected chi connectivity index (χ3v) is 2.86. The van der Waals surface area contributed by atoms with E-state index in [4.69, 9.17) is 10.8 Å². The molecule has 0 aromatic rings. The van der Waals surface area contributed by atoms with Crippen molar-refractivity contribution in [2.24, 2.45) is 5.73 Å². The van der Waals surface area contributed by atoms with Gasteiger partial charge in [-0.05, 0) is 6.92 Å². The van der Waals surface area contributed by atoms with Crippen LogP contribution in [0.15, 0.2) is 0 Å². The first kappa shape index (κ1) is 20.1. The van der Waals surface area contributed by atoms with E-state index in [1.807, 2.05) is 5.32 Å². The van der Waals surface area contributed by atoms with Crippen LogP contribution in [0.2, 0.25) is 0 Å². The average molecular weight is 336 g/mol. The first-order chi connectivity index (χ1) is 10.2. The zero-order valence-electron chi connectivity index (χ0n) is 11.9. The van der Waals surface area contributed by atoms with Gasteiger partial charge in [-0.2, -0.15) is 12.6 Å². The van der Waals surface area contributed by atoms with E-state index in [1.54, 1.807) is 0 Å². The van der Waals surface area contributed by atoms with Crippen molar-refractivity contribution < 1.29 is 29.4 Å². The lowest BCUT2D eigenvalue weighted by Gasteiger charge is -2.23. The second-order valence-electron chi connectivity index (χ2n) is 4.35. The number of thiol groups is 1. The van der Waals surface area contributed by atoms with Crippen molar-refractivity contribution in [2.75, 3.05) is 18.8 Å². The predicted octanol–water partition coefficient (Wildman–Crippen LogP) is -3.57. The van der Waals surface area contributed by atoms with Crippen LogP contribution in [0.1, 0.15) is 6.92 Å². The van der Waals surface area contributed by atoms with E-state index < -0.39 is 48.4 Å². The third-order valence-electron chi connectivity index (χ3n) is 2.50. The Labute approximate surface area is 132 Å². The smallest absolute Gasteiger partial charge is 0.322 e. The summed E-state index contributed by atoms with van der Waals surface area (Å²) in [6, 6.07) is -2.42. The van der Waals surface area contributed by atoms with Gasteiger partial charge in [0.2, 0.25) is 17.7 Å². The zero-order valence-corrected chi connectivity index (χ0v) is 12.8. The molecule has 0 aliphatic heterocycles. The molecule has 0 rings (SSSR count). The molecule has 10 nitrogen and oxygen atoms in total. The molecular weight excluding hydrogens is 316 g/mol. The fourth-order valence-electron chi connectivity index (χ4n) is 1.38. The Kier molecular flexibility index (Phi) is 9.13. The van der Waals surface area contributed by atoms with Crippen molar-refractivity contribution in [3.05, 3.63) is 0 Å². The van der Waals surface area contributed by atoms with Gasteiger partial charge < -0.3 is 31.9 Å². The Balaban J connectivity index is 4.78. The summed E-state index contributed by atoms with van der Waals surface area (Å²) in [6.07, 6.45) is -1.27. The SMILES string of the molecule is CC(O)C(NC(=O)C(CS)NC(=O)CN)C(=O)NCC(=O)O. The van der Waals surface area contributed by atoms with Crippen molar-refractivity contribution in [2.45, 2.75) is 25.1 Å². The number of carbonyl (C=O) groups is 4. The van der Waals surface area contributed by atoms with E-state index in [1.165, 1.54) is 6.92 Å². The highest BCUT2D eigenvalue weighted by molar-refractivity contribution is 7.80. The molecule has 0 bridgehead atoms. The number of carboxylic acid groups (broad SMARTS) is 1. The lowest BCUT2D eigenvalue weighted by molar-refractivity contribution is -0.139. The number of carboxylic acids is 1. The maximum absolute atomic E-state index is 12.0. The van der Waals surface area contributed by atoms with E-state index in [0.717, 1.165) is 0 Å². The van der Waals surface area contributed by atoms with Gasteiger partial charge in [0.15, 0.2) is 0 Å². The van der Waals surface area contributed by atoms with Crippen LogP contribution < -0.4 is 21.7 Å². The number of aliphatic hydroxyl groups is 1. The summed E-state index contributed by atoms with van der Waals surface area (Å²) in [5.41, 5.74) is 5.11. The summed E-state index contributed by atoms with van der Waals surface area (Å²) in [7, 11) is 0. The van der Waals surface area contributed by atoms with Gasteiger partial charge in [0.1, 0.15) is 18.6 Å². The number of aliphatic carboxylic acids is 1. The number of nitrogens with two attached hydrogens (primary N) is 1. The van der Waals surface area contributed by atoms with Crippen molar-refractivity contribution in [3.8, 4) is 0 Å². The highest BCUT2D eigenvalue weighted by Gasteiger charge is 2.29. The Morgan fingerprint density at radius 1 is 1.18 bits per heavy atom. The molecule has 0 saturated carbocycles. The average Bonchev–Trinajstić information content (AvgIpc) is 2.46. The molecule has 22 heavy (non-hydrogen) atoms. The number of nitrogens with one attached hydrogen (secondary N) is 3. The molecule has 0 radical (unpaired) electrons. The fraction of sp³-hybridized carbons (Fsp3) is 0.636.